The lowest BCUT2D eigenvalue weighted by Crippen LogP contribution is -3.00. The number of nitrogens with zero attached hydrogens (tertiary/aromatic N) is 1. The van der Waals surface area contributed by atoms with Crippen molar-refractivity contribution in [2.45, 2.75) is 33.1 Å². The number of aliphatic hydroxyl groups excluding tert-OH is 1. The minimum absolute atomic E-state index is 0. The SMILES string of the molecule is CC[N+](CC)(CC)C1OC1CO.[Br-]. The number of halogens is 1. The molecule has 0 saturated carbocycles. The molecule has 0 radical (unpaired) electrons. The molecule has 1 rings (SSSR count). The molecule has 1 saturated heterocycles. The highest BCUT2D eigenvalue weighted by atomic mass is 79.9. The summed E-state index contributed by atoms with van der Waals surface area (Å²) in [6.07, 6.45) is 0.361. The summed E-state index contributed by atoms with van der Waals surface area (Å²) in [5, 5.41) is 8.89. The van der Waals surface area contributed by atoms with Gasteiger partial charge in [-0.25, -0.2) is 0 Å². The minimum Gasteiger partial charge on any atom is -1.00 e. The van der Waals surface area contributed by atoms with Gasteiger partial charge in [0.05, 0.1) is 26.2 Å². The monoisotopic (exact) mass is 253 g/mol. The fraction of sp³-hybridized carbons (Fsp3) is 1.00. The normalized spacial score (nSPS) is 26.8. The summed E-state index contributed by atoms with van der Waals surface area (Å²) in [6, 6.07) is 0. The van der Waals surface area contributed by atoms with Gasteiger partial charge in [0.15, 0.2) is 6.10 Å². The third kappa shape index (κ3) is 2.43. The van der Waals surface area contributed by atoms with E-state index < -0.39 is 0 Å². The largest absolute Gasteiger partial charge is 1.00 e. The van der Waals surface area contributed by atoms with E-state index >= 15 is 0 Å². The number of rotatable bonds is 5. The third-order valence-corrected chi connectivity index (χ3v) is 3.16. The average molecular weight is 254 g/mol. The van der Waals surface area contributed by atoms with Gasteiger partial charge in [0.25, 0.3) is 0 Å². The van der Waals surface area contributed by atoms with Gasteiger partial charge in [0.1, 0.15) is 0 Å². The summed E-state index contributed by atoms with van der Waals surface area (Å²) in [5.41, 5.74) is 0. The van der Waals surface area contributed by atoms with E-state index in [1.54, 1.807) is 0 Å². The van der Waals surface area contributed by atoms with Crippen LogP contribution >= 0.6 is 0 Å². The molecular formula is C9H20BrNO2. The standard InChI is InChI=1S/C9H20NO2.BrH/c1-4-10(5-2,6-3)9-8(7-11)12-9;/h8-9,11H,4-7H2,1-3H3;1H/q+1;/p-1. The van der Waals surface area contributed by atoms with Gasteiger partial charge < -0.3 is 26.8 Å². The van der Waals surface area contributed by atoms with E-state index in [0.29, 0.717) is 0 Å². The number of quaternary nitrogens is 1. The smallest absolute Gasteiger partial charge is 0.223 e. The van der Waals surface area contributed by atoms with Crippen LogP contribution in [-0.4, -0.2) is 48.2 Å². The molecule has 2 unspecified atom stereocenters. The van der Waals surface area contributed by atoms with Crippen molar-refractivity contribution in [3.63, 3.8) is 0 Å². The van der Waals surface area contributed by atoms with Gasteiger partial charge >= 0.3 is 0 Å². The molecule has 0 amide bonds. The molecule has 1 aliphatic rings. The van der Waals surface area contributed by atoms with Crippen molar-refractivity contribution in [1.82, 2.24) is 0 Å². The van der Waals surface area contributed by atoms with E-state index in [0.717, 1.165) is 24.1 Å². The first-order valence-electron chi connectivity index (χ1n) is 4.86. The van der Waals surface area contributed by atoms with Crippen molar-refractivity contribution in [2.24, 2.45) is 0 Å². The summed E-state index contributed by atoms with van der Waals surface area (Å²) in [7, 11) is 0. The van der Waals surface area contributed by atoms with Crippen LogP contribution in [0.5, 0.6) is 0 Å². The van der Waals surface area contributed by atoms with Crippen molar-refractivity contribution in [3.05, 3.63) is 0 Å². The van der Waals surface area contributed by atoms with E-state index in [1.165, 1.54) is 0 Å². The van der Waals surface area contributed by atoms with Crippen LogP contribution in [0.4, 0.5) is 0 Å². The molecule has 0 bridgehead atoms. The molecule has 0 aromatic heterocycles. The number of likely N-dealkylation sites (N-methyl/N-ethyl adjacent to an activating group) is 1. The van der Waals surface area contributed by atoms with Gasteiger partial charge in [-0.2, -0.15) is 0 Å². The predicted octanol–water partition coefficient (Wildman–Crippen LogP) is -2.42. The maximum Gasteiger partial charge on any atom is 0.223 e. The molecule has 1 heterocycles. The molecule has 3 nitrogen and oxygen atoms in total. The summed E-state index contributed by atoms with van der Waals surface area (Å²) in [4.78, 5) is 0. The van der Waals surface area contributed by atoms with E-state index in [-0.39, 0.29) is 35.9 Å². The Bertz CT molecular complexity index is 142. The van der Waals surface area contributed by atoms with Crippen molar-refractivity contribution in [2.75, 3.05) is 26.2 Å². The lowest BCUT2D eigenvalue weighted by atomic mass is 10.3. The molecule has 2 atom stereocenters. The first kappa shape index (κ1) is 13.4. The second-order valence-electron chi connectivity index (χ2n) is 3.41. The summed E-state index contributed by atoms with van der Waals surface area (Å²) < 4.78 is 6.42. The molecule has 1 aliphatic heterocycles. The highest BCUT2D eigenvalue weighted by Crippen LogP contribution is 2.31. The van der Waals surface area contributed by atoms with Gasteiger partial charge in [-0.3, -0.25) is 4.48 Å². The summed E-state index contributed by atoms with van der Waals surface area (Å²) in [6.45, 7) is 10.00. The number of aliphatic hydroxyl groups is 1. The number of hydrogen-bond donors (Lipinski definition) is 1. The Kier molecular flexibility index (Phi) is 5.44. The molecule has 13 heavy (non-hydrogen) atoms. The first-order valence-corrected chi connectivity index (χ1v) is 4.86. The van der Waals surface area contributed by atoms with E-state index in [4.69, 9.17) is 9.84 Å². The zero-order valence-electron chi connectivity index (χ0n) is 8.66. The molecule has 1 fully saturated rings. The van der Waals surface area contributed by atoms with Crippen LogP contribution in [-0.2, 0) is 4.74 Å². The lowest BCUT2D eigenvalue weighted by Gasteiger charge is -2.34. The lowest BCUT2D eigenvalue weighted by molar-refractivity contribution is -0.943. The molecule has 0 aromatic rings. The Morgan fingerprint density at radius 1 is 1.15 bits per heavy atom. The van der Waals surface area contributed by atoms with Gasteiger partial charge in [-0.15, -0.1) is 0 Å². The summed E-state index contributed by atoms with van der Waals surface area (Å²) in [5.74, 6) is 0. The highest BCUT2D eigenvalue weighted by molar-refractivity contribution is 4.76. The molecular weight excluding hydrogens is 234 g/mol. The van der Waals surface area contributed by atoms with E-state index in [2.05, 4.69) is 20.8 Å². The third-order valence-electron chi connectivity index (χ3n) is 3.16. The number of ether oxygens (including phenoxy) is 1. The van der Waals surface area contributed by atoms with Crippen LogP contribution in [0.1, 0.15) is 20.8 Å². The van der Waals surface area contributed by atoms with E-state index in [1.807, 2.05) is 0 Å². The van der Waals surface area contributed by atoms with Crippen LogP contribution in [0.3, 0.4) is 0 Å². The number of hydrogen-bond acceptors (Lipinski definition) is 2. The Balaban J connectivity index is 0.00000144. The van der Waals surface area contributed by atoms with Crippen LogP contribution in [0, 0.1) is 0 Å². The fourth-order valence-electron chi connectivity index (χ4n) is 1.96. The topological polar surface area (TPSA) is 32.8 Å². The molecule has 0 aliphatic carbocycles. The average Bonchev–Trinajstić information content (AvgIpc) is 2.89. The van der Waals surface area contributed by atoms with Crippen molar-refractivity contribution >= 4 is 0 Å². The van der Waals surface area contributed by atoms with Gasteiger partial charge in [-0.05, 0) is 20.8 Å². The quantitative estimate of drug-likeness (QED) is 0.438. The molecule has 80 valence electrons. The molecule has 0 spiro atoms. The highest BCUT2D eigenvalue weighted by Gasteiger charge is 2.52. The predicted molar refractivity (Wildman–Crippen MR) is 47.6 cm³/mol. The maximum atomic E-state index is 8.89. The van der Waals surface area contributed by atoms with Crippen LogP contribution in [0.2, 0.25) is 0 Å². The second-order valence-corrected chi connectivity index (χ2v) is 3.41. The molecule has 0 aromatic carbocycles. The number of epoxide rings is 1. The fourth-order valence-corrected chi connectivity index (χ4v) is 1.96. The Hall–Kier alpha value is 0.360. The van der Waals surface area contributed by atoms with Crippen molar-refractivity contribution in [1.29, 1.82) is 0 Å². The molecule has 4 heteroatoms. The van der Waals surface area contributed by atoms with Gasteiger partial charge in [-0.1, -0.05) is 0 Å². The van der Waals surface area contributed by atoms with Crippen molar-refractivity contribution in [3.8, 4) is 0 Å². The Morgan fingerprint density at radius 3 is 1.85 bits per heavy atom. The summed E-state index contributed by atoms with van der Waals surface area (Å²) >= 11 is 0. The van der Waals surface area contributed by atoms with Crippen LogP contribution in [0.25, 0.3) is 0 Å². The Labute approximate surface area is 91.0 Å². The molecule has 1 N–H and O–H groups in total. The van der Waals surface area contributed by atoms with Crippen molar-refractivity contribution < 1.29 is 31.3 Å². The van der Waals surface area contributed by atoms with Crippen LogP contribution < -0.4 is 17.0 Å². The zero-order chi connectivity index (χ0) is 9.19. The van der Waals surface area contributed by atoms with Gasteiger partial charge in [0, 0.05) is 0 Å². The Morgan fingerprint density at radius 2 is 1.62 bits per heavy atom. The first-order chi connectivity index (χ1) is 5.74. The zero-order valence-corrected chi connectivity index (χ0v) is 10.2. The van der Waals surface area contributed by atoms with Crippen LogP contribution in [0.15, 0.2) is 0 Å². The minimum atomic E-state index is 0. The van der Waals surface area contributed by atoms with Gasteiger partial charge in [0.2, 0.25) is 6.23 Å². The second kappa shape index (κ2) is 5.29. The van der Waals surface area contributed by atoms with E-state index in [9.17, 15) is 0 Å². The maximum absolute atomic E-state index is 8.89.